The molecular weight excluding hydrogens is 220 g/mol. The van der Waals surface area contributed by atoms with Crippen molar-refractivity contribution in [3.05, 3.63) is 42.5 Å². The SMILES string of the molecule is NCC(C(=O)O)c1ccc(-n2cncn2)cc1. The molecule has 0 aliphatic rings. The van der Waals surface area contributed by atoms with Gasteiger partial charge in [0.1, 0.15) is 12.7 Å². The molecule has 3 N–H and O–H groups in total. The zero-order valence-electron chi connectivity index (χ0n) is 9.02. The Labute approximate surface area is 97.7 Å². The summed E-state index contributed by atoms with van der Waals surface area (Å²) in [4.78, 5) is 14.8. The molecule has 0 aliphatic heterocycles. The lowest BCUT2D eigenvalue weighted by atomic mass is 9.99. The monoisotopic (exact) mass is 232 g/mol. The second-order valence-corrected chi connectivity index (χ2v) is 3.56. The van der Waals surface area contributed by atoms with Crippen molar-refractivity contribution >= 4 is 5.97 Å². The summed E-state index contributed by atoms with van der Waals surface area (Å²) in [5.74, 6) is -1.58. The highest BCUT2D eigenvalue weighted by molar-refractivity contribution is 5.76. The number of rotatable bonds is 4. The Morgan fingerprint density at radius 2 is 2.12 bits per heavy atom. The molecular formula is C11H12N4O2. The molecule has 0 fully saturated rings. The van der Waals surface area contributed by atoms with Gasteiger partial charge in [-0.3, -0.25) is 4.79 Å². The average molecular weight is 232 g/mol. The minimum Gasteiger partial charge on any atom is -0.481 e. The number of hydrogen-bond acceptors (Lipinski definition) is 4. The molecule has 6 nitrogen and oxygen atoms in total. The summed E-state index contributed by atoms with van der Waals surface area (Å²) in [5.41, 5.74) is 6.94. The number of carbonyl (C=O) groups is 1. The molecule has 0 spiro atoms. The first-order valence-electron chi connectivity index (χ1n) is 5.10. The van der Waals surface area contributed by atoms with E-state index in [-0.39, 0.29) is 6.54 Å². The van der Waals surface area contributed by atoms with Crippen molar-refractivity contribution in [2.75, 3.05) is 6.54 Å². The smallest absolute Gasteiger partial charge is 0.312 e. The van der Waals surface area contributed by atoms with E-state index >= 15 is 0 Å². The molecule has 1 aromatic carbocycles. The van der Waals surface area contributed by atoms with Crippen molar-refractivity contribution in [1.29, 1.82) is 0 Å². The number of aromatic nitrogens is 3. The summed E-state index contributed by atoms with van der Waals surface area (Å²) < 4.78 is 1.60. The lowest BCUT2D eigenvalue weighted by molar-refractivity contribution is -0.138. The molecule has 1 unspecified atom stereocenters. The molecule has 88 valence electrons. The molecule has 0 saturated carbocycles. The van der Waals surface area contributed by atoms with Crippen LogP contribution in [0.1, 0.15) is 11.5 Å². The van der Waals surface area contributed by atoms with E-state index in [0.717, 1.165) is 5.69 Å². The van der Waals surface area contributed by atoms with Crippen LogP contribution < -0.4 is 5.73 Å². The van der Waals surface area contributed by atoms with Crippen LogP contribution in [-0.2, 0) is 4.79 Å². The van der Waals surface area contributed by atoms with E-state index in [1.165, 1.54) is 6.33 Å². The third-order valence-corrected chi connectivity index (χ3v) is 2.51. The van der Waals surface area contributed by atoms with Crippen LogP contribution in [0.2, 0.25) is 0 Å². The standard InChI is InChI=1S/C11H12N4O2/c12-5-10(11(16)17)8-1-3-9(4-2-8)15-7-13-6-14-15/h1-4,6-7,10H,5,12H2,(H,16,17). The van der Waals surface area contributed by atoms with Crippen molar-refractivity contribution in [3.63, 3.8) is 0 Å². The first-order valence-corrected chi connectivity index (χ1v) is 5.10. The summed E-state index contributed by atoms with van der Waals surface area (Å²) >= 11 is 0. The van der Waals surface area contributed by atoms with Gasteiger partial charge in [-0.2, -0.15) is 5.10 Å². The van der Waals surface area contributed by atoms with Crippen LogP contribution in [0.4, 0.5) is 0 Å². The number of benzene rings is 1. The number of carboxylic acid groups (broad SMARTS) is 1. The van der Waals surface area contributed by atoms with E-state index < -0.39 is 11.9 Å². The van der Waals surface area contributed by atoms with Gasteiger partial charge >= 0.3 is 5.97 Å². The van der Waals surface area contributed by atoms with E-state index in [9.17, 15) is 4.79 Å². The van der Waals surface area contributed by atoms with Crippen LogP contribution in [0.25, 0.3) is 5.69 Å². The van der Waals surface area contributed by atoms with Crippen molar-refractivity contribution in [2.45, 2.75) is 5.92 Å². The van der Waals surface area contributed by atoms with Crippen LogP contribution >= 0.6 is 0 Å². The Hall–Kier alpha value is -2.21. The van der Waals surface area contributed by atoms with Gasteiger partial charge in [0.15, 0.2) is 0 Å². The zero-order chi connectivity index (χ0) is 12.3. The third kappa shape index (κ3) is 2.31. The highest BCUT2D eigenvalue weighted by Crippen LogP contribution is 2.17. The Bertz CT molecular complexity index is 493. The van der Waals surface area contributed by atoms with Crippen LogP contribution in [0.5, 0.6) is 0 Å². The molecule has 1 atom stereocenters. The fraction of sp³-hybridized carbons (Fsp3) is 0.182. The molecule has 2 aromatic rings. The van der Waals surface area contributed by atoms with E-state index in [0.29, 0.717) is 5.56 Å². The Morgan fingerprint density at radius 3 is 2.59 bits per heavy atom. The Balaban J connectivity index is 2.26. The molecule has 6 heteroatoms. The highest BCUT2D eigenvalue weighted by Gasteiger charge is 2.17. The molecule has 0 saturated heterocycles. The van der Waals surface area contributed by atoms with Gasteiger partial charge in [0, 0.05) is 6.54 Å². The van der Waals surface area contributed by atoms with Gasteiger partial charge in [-0.25, -0.2) is 9.67 Å². The summed E-state index contributed by atoms with van der Waals surface area (Å²) in [5, 5.41) is 13.0. The minimum absolute atomic E-state index is 0.0814. The van der Waals surface area contributed by atoms with Crippen molar-refractivity contribution in [2.24, 2.45) is 5.73 Å². The van der Waals surface area contributed by atoms with Gasteiger partial charge in [0.05, 0.1) is 11.6 Å². The number of hydrogen-bond donors (Lipinski definition) is 2. The number of nitrogens with zero attached hydrogens (tertiary/aromatic N) is 3. The second kappa shape index (κ2) is 4.75. The lowest BCUT2D eigenvalue weighted by Crippen LogP contribution is -2.21. The summed E-state index contributed by atoms with van der Waals surface area (Å²) in [6.45, 7) is 0.0814. The van der Waals surface area contributed by atoms with Crippen LogP contribution in [0.3, 0.4) is 0 Å². The maximum Gasteiger partial charge on any atom is 0.312 e. The Kier molecular flexibility index (Phi) is 3.15. The first-order chi connectivity index (χ1) is 8.22. The number of nitrogens with two attached hydrogens (primary N) is 1. The van der Waals surface area contributed by atoms with Crippen molar-refractivity contribution in [3.8, 4) is 5.69 Å². The maximum atomic E-state index is 10.9. The largest absolute Gasteiger partial charge is 0.481 e. The molecule has 0 radical (unpaired) electrons. The molecule has 1 aromatic heterocycles. The van der Waals surface area contributed by atoms with E-state index in [2.05, 4.69) is 10.1 Å². The van der Waals surface area contributed by atoms with Gasteiger partial charge in [-0.1, -0.05) is 12.1 Å². The second-order valence-electron chi connectivity index (χ2n) is 3.56. The third-order valence-electron chi connectivity index (χ3n) is 2.51. The summed E-state index contributed by atoms with van der Waals surface area (Å²) in [6, 6.07) is 7.05. The van der Waals surface area contributed by atoms with E-state index in [4.69, 9.17) is 10.8 Å². The fourth-order valence-corrected chi connectivity index (χ4v) is 1.58. The number of carboxylic acids is 1. The molecule has 2 rings (SSSR count). The normalized spacial score (nSPS) is 12.3. The van der Waals surface area contributed by atoms with Crippen LogP contribution in [-0.4, -0.2) is 32.4 Å². The highest BCUT2D eigenvalue weighted by atomic mass is 16.4. The molecule has 0 aliphatic carbocycles. The molecule has 0 bridgehead atoms. The Morgan fingerprint density at radius 1 is 1.41 bits per heavy atom. The number of aliphatic carboxylic acids is 1. The lowest BCUT2D eigenvalue weighted by Gasteiger charge is -2.10. The van der Waals surface area contributed by atoms with Gasteiger partial charge in [0.25, 0.3) is 0 Å². The average Bonchev–Trinajstić information content (AvgIpc) is 2.84. The topological polar surface area (TPSA) is 94.0 Å². The van der Waals surface area contributed by atoms with Crippen LogP contribution in [0, 0.1) is 0 Å². The van der Waals surface area contributed by atoms with Gasteiger partial charge in [-0.05, 0) is 17.7 Å². The van der Waals surface area contributed by atoms with E-state index in [1.54, 1.807) is 35.3 Å². The molecule has 1 heterocycles. The first kappa shape index (κ1) is 11.3. The van der Waals surface area contributed by atoms with Crippen molar-refractivity contribution in [1.82, 2.24) is 14.8 Å². The van der Waals surface area contributed by atoms with Crippen LogP contribution in [0.15, 0.2) is 36.9 Å². The quantitative estimate of drug-likeness (QED) is 0.795. The summed E-state index contributed by atoms with van der Waals surface area (Å²) in [7, 11) is 0. The molecule has 0 amide bonds. The van der Waals surface area contributed by atoms with E-state index in [1.807, 2.05) is 0 Å². The van der Waals surface area contributed by atoms with Crippen molar-refractivity contribution < 1.29 is 9.90 Å². The zero-order valence-corrected chi connectivity index (χ0v) is 9.02. The predicted octanol–water partition coefficient (Wildman–Crippen LogP) is 0.394. The maximum absolute atomic E-state index is 10.9. The van der Waals surface area contributed by atoms with Gasteiger partial charge in [0.2, 0.25) is 0 Å². The summed E-state index contributed by atoms with van der Waals surface area (Å²) in [6.07, 6.45) is 3.01. The molecule has 17 heavy (non-hydrogen) atoms. The minimum atomic E-state index is -0.916. The predicted molar refractivity (Wildman–Crippen MR) is 60.8 cm³/mol. The van der Waals surface area contributed by atoms with Gasteiger partial charge in [-0.15, -0.1) is 0 Å². The fourth-order valence-electron chi connectivity index (χ4n) is 1.58. The van der Waals surface area contributed by atoms with Gasteiger partial charge < -0.3 is 10.8 Å².